The number of rotatable bonds is 3. The van der Waals surface area contributed by atoms with Crippen LogP contribution in [0.1, 0.15) is 4.88 Å². The van der Waals surface area contributed by atoms with E-state index in [-0.39, 0.29) is 5.15 Å². The molecular weight excluding hydrogens is 312 g/mol. The first kappa shape index (κ1) is 11.6. The fourth-order valence-electron chi connectivity index (χ4n) is 1.13. The van der Waals surface area contributed by atoms with Gasteiger partial charge in [-0.3, -0.25) is 0 Å². The van der Waals surface area contributed by atoms with Crippen molar-refractivity contribution in [3.8, 4) is 0 Å². The Kier molecular flexibility index (Phi) is 3.63. The summed E-state index contributed by atoms with van der Waals surface area (Å²) in [6.07, 6.45) is 1.38. The summed E-state index contributed by atoms with van der Waals surface area (Å²) in [5, 5.41) is 3.38. The Morgan fingerprint density at radius 1 is 1.44 bits per heavy atom. The van der Waals surface area contributed by atoms with Crippen LogP contribution in [0.3, 0.4) is 0 Å². The average molecular weight is 320 g/mol. The van der Waals surface area contributed by atoms with E-state index in [1.165, 1.54) is 11.2 Å². The Hall–Kier alpha value is -0.850. The van der Waals surface area contributed by atoms with Crippen molar-refractivity contribution < 1.29 is 0 Å². The highest BCUT2D eigenvalue weighted by Gasteiger charge is 2.05. The van der Waals surface area contributed by atoms with Crippen LogP contribution in [0.2, 0.25) is 5.15 Å². The van der Waals surface area contributed by atoms with Gasteiger partial charge in [0.1, 0.15) is 12.0 Å². The molecule has 4 nitrogen and oxygen atoms in total. The van der Waals surface area contributed by atoms with Crippen LogP contribution in [0.5, 0.6) is 0 Å². The van der Waals surface area contributed by atoms with E-state index in [0.717, 1.165) is 3.79 Å². The lowest BCUT2D eigenvalue weighted by molar-refractivity contribution is 1.10. The Morgan fingerprint density at radius 3 is 2.94 bits per heavy atom. The van der Waals surface area contributed by atoms with Crippen molar-refractivity contribution in [2.24, 2.45) is 0 Å². The van der Waals surface area contributed by atoms with E-state index < -0.39 is 0 Å². The molecule has 0 aromatic carbocycles. The van der Waals surface area contributed by atoms with E-state index in [2.05, 4.69) is 31.2 Å². The Balaban J connectivity index is 2.07. The molecule has 0 radical (unpaired) electrons. The Morgan fingerprint density at radius 2 is 2.25 bits per heavy atom. The molecule has 0 fully saturated rings. The molecule has 7 heteroatoms. The van der Waals surface area contributed by atoms with Gasteiger partial charge in [0.2, 0.25) is 0 Å². The van der Waals surface area contributed by atoms with Crippen LogP contribution in [0.15, 0.2) is 22.2 Å². The van der Waals surface area contributed by atoms with Crippen molar-refractivity contribution in [3.05, 3.63) is 32.3 Å². The number of hydrogen-bond donors (Lipinski definition) is 2. The molecule has 3 N–H and O–H groups in total. The molecular formula is C9H8BrClN4S. The first-order valence-electron chi connectivity index (χ1n) is 4.41. The van der Waals surface area contributed by atoms with E-state index in [1.54, 1.807) is 11.3 Å². The highest BCUT2D eigenvalue weighted by molar-refractivity contribution is 9.11. The van der Waals surface area contributed by atoms with Crippen LogP contribution in [0.25, 0.3) is 0 Å². The fourth-order valence-corrected chi connectivity index (χ4v) is 2.69. The van der Waals surface area contributed by atoms with Crippen molar-refractivity contribution in [1.29, 1.82) is 0 Å². The zero-order valence-corrected chi connectivity index (χ0v) is 11.2. The van der Waals surface area contributed by atoms with Crippen molar-refractivity contribution in [3.63, 3.8) is 0 Å². The minimum absolute atomic E-state index is 0.268. The number of nitrogen functional groups attached to an aromatic ring is 1. The first-order chi connectivity index (χ1) is 7.66. The Bertz CT molecular complexity index is 502. The highest BCUT2D eigenvalue weighted by atomic mass is 79.9. The maximum absolute atomic E-state index is 5.78. The first-order valence-corrected chi connectivity index (χ1v) is 6.39. The number of hydrogen-bond acceptors (Lipinski definition) is 5. The lowest BCUT2D eigenvalue weighted by atomic mass is 10.4. The molecule has 0 amide bonds. The molecule has 2 aromatic rings. The minimum atomic E-state index is 0.268. The van der Waals surface area contributed by atoms with Gasteiger partial charge in [0.15, 0.2) is 11.0 Å². The predicted molar refractivity (Wildman–Crippen MR) is 70.8 cm³/mol. The van der Waals surface area contributed by atoms with Crippen LogP contribution in [0.4, 0.5) is 11.5 Å². The van der Waals surface area contributed by atoms with Crippen molar-refractivity contribution in [2.45, 2.75) is 6.54 Å². The van der Waals surface area contributed by atoms with Gasteiger partial charge >= 0.3 is 0 Å². The predicted octanol–water partition coefficient (Wildman–Crippen LogP) is 3.15. The normalized spacial score (nSPS) is 10.4. The van der Waals surface area contributed by atoms with E-state index >= 15 is 0 Å². The maximum Gasteiger partial charge on any atom is 0.157 e. The van der Waals surface area contributed by atoms with E-state index in [9.17, 15) is 0 Å². The van der Waals surface area contributed by atoms with E-state index in [1.807, 2.05) is 12.1 Å². The van der Waals surface area contributed by atoms with Crippen LogP contribution < -0.4 is 11.1 Å². The van der Waals surface area contributed by atoms with Gasteiger partial charge in [-0.15, -0.1) is 11.3 Å². The van der Waals surface area contributed by atoms with Gasteiger partial charge in [-0.2, -0.15) is 0 Å². The molecule has 0 aliphatic rings. The summed E-state index contributed by atoms with van der Waals surface area (Å²) in [7, 11) is 0. The minimum Gasteiger partial charge on any atom is -0.393 e. The maximum atomic E-state index is 5.78. The number of nitrogens with one attached hydrogen (secondary N) is 1. The molecule has 2 aromatic heterocycles. The zero-order chi connectivity index (χ0) is 11.5. The molecule has 0 saturated carbocycles. The van der Waals surface area contributed by atoms with Gasteiger partial charge in [0, 0.05) is 4.88 Å². The number of halogens is 2. The fraction of sp³-hybridized carbons (Fsp3) is 0.111. The smallest absolute Gasteiger partial charge is 0.157 e. The second-order valence-corrected chi connectivity index (χ2v) is 5.89. The third-order valence-corrected chi connectivity index (χ3v) is 3.82. The second-order valence-electron chi connectivity index (χ2n) is 2.99. The molecule has 0 aliphatic carbocycles. The molecule has 0 bridgehead atoms. The standard InChI is InChI=1S/C9H8BrClN4S/c10-6-2-1-5(16-6)3-13-9-7(12)8(11)14-4-15-9/h1-2,4H,3,12H2,(H,13,14,15). The summed E-state index contributed by atoms with van der Waals surface area (Å²) >= 11 is 10.8. The van der Waals surface area contributed by atoms with Gasteiger partial charge in [0.25, 0.3) is 0 Å². The lowest BCUT2D eigenvalue weighted by Crippen LogP contribution is -2.04. The van der Waals surface area contributed by atoms with Crippen LogP contribution in [-0.4, -0.2) is 9.97 Å². The molecule has 0 aliphatic heterocycles. The average Bonchev–Trinajstić information content (AvgIpc) is 2.67. The van der Waals surface area contributed by atoms with Gasteiger partial charge in [-0.25, -0.2) is 9.97 Å². The third-order valence-electron chi connectivity index (χ3n) is 1.89. The third kappa shape index (κ3) is 2.63. The molecule has 0 spiro atoms. The topological polar surface area (TPSA) is 63.8 Å². The molecule has 16 heavy (non-hydrogen) atoms. The quantitative estimate of drug-likeness (QED) is 0.853. The Labute approximate surface area is 110 Å². The summed E-state index contributed by atoms with van der Waals surface area (Å²) in [6.45, 7) is 0.661. The second kappa shape index (κ2) is 4.99. The van der Waals surface area contributed by atoms with Crippen LogP contribution in [0, 0.1) is 0 Å². The number of nitrogens with zero attached hydrogens (tertiary/aromatic N) is 2. The highest BCUT2D eigenvalue weighted by Crippen LogP contribution is 2.25. The van der Waals surface area contributed by atoms with Crippen LogP contribution >= 0.6 is 38.9 Å². The summed E-state index contributed by atoms with van der Waals surface area (Å²) in [5.41, 5.74) is 6.10. The largest absolute Gasteiger partial charge is 0.393 e. The summed E-state index contributed by atoms with van der Waals surface area (Å²) in [5.74, 6) is 0.560. The van der Waals surface area contributed by atoms with E-state index in [4.69, 9.17) is 17.3 Å². The summed E-state index contributed by atoms with van der Waals surface area (Å²) in [4.78, 5) is 8.99. The van der Waals surface area contributed by atoms with E-state index in [0.29, 0.717) is 18.1 Å². The number of anilines is 2. The SMILES string of the molecule is Nc1c(Cl)ncnc1NCc1ccc(Br)s1. The van der Waals surface area contributed by atoms with Gasteiger partial charge < -0.3 is 11.1 Å². The number of aromatic nitrogens is 2. The number of thiophene rings is 1. The lowest BCUT2D eigenvalue weighted by Gasteiger charge is -2.06. The summed E-state index contributed by atoms with van der Waals surface area (Å²) in [6, 6.07) is 4.03. The van der Waals surface area contributed by atoms with Crippen molar-refractivity contribution in [2.75, 3.05) is 11.1 Å². The van der Waals surface area contributed by atoms with Gasteiger partial charge in [0.05, 0.1) is 10.3 Å². The van der Waals surface area contributed by atoms with Crippen LogP contribution in [-0.2, 0) is 6.54 Å². The van der Waals surface area contributed by atoms with Gasteiger partial charge in [-0.05, 0) is 28.1 Å². The van der Waals surface area contributed by atoms with Gasteiger partial charge in [-0.1, -0.05) is 11.6 Å². The van der Waals surface area contributed by atoms with Crippen molar-refractivity contribution >= 4 is 50.4 Å². The molecule has 0 saturated heterocycles. The molecule has 84 valence electrons. The molecule has 0 unspecified atom stereocenters. The number of nitrogens with two attached hydrogens (primary N) is 1. The zero-order valence-electron chi connectivity index (χ0n) is 8.08. The summed E-state index contributed by atoms with van der Waals surface area (Å²) < 4.78 is 1.10. The molecule has 2 rings (SSSR count). The monoisotopic (exact) mass is 318 g/mol. The molecule has 2 heterocycles. The van der Waals surface area contributed by atoms with Crippen molar-refractivity contribution in [1.82, 2.24) is 9.97 Å². The molecule has 0 atom stereocenters.